The van der Waals surface area contributed by atoms with Gasteiger partial charge in [-0.2, -0.15) is 0 Å². The van der Waals surface area contributed by atoms with Crippen molar-refractivity contribution >= 4 is 0 Å². The van der Waals surface area contributed by atoms with Gasteiger partial charge in [-0.15, -0.1) is 0 Å². The zero-order valence-corrected chi connectivity index (χ0v) is 11.8. The Morgan fingerprint density at radius 2 is 2.17 bits per heavy atom. The summed E-state index contributed by atoms with van der Waals surface area (Å²) >= 11 is 0. The maximum atomic E-state index is 5.33. The maximum absolute atomic E-state index is 5.33. The molecule has 1 unspecified atom stereocenters. The van der Waals surface area contributed by atoms with E-state index in [2.05, 4.69) is 37.4 Å². The fourth-order valence-corrected chi connectivity index (χ4v) is 2.46. The monoisotopic (exact) mass is 247 g/mol. The first-order valence-corrected chi connectivity index (χ1v) is 7.12. The first kappa shape index (κ1) is 13.4. The van der Waals surface area contributed by atoms with Crippen LogP contribution in [0.4, 0.5) is 0 Å². The predicted molar refractivity (Wildman–Crippen MR) is 76.1 cm³/mol. The van der Waals surface area contributed by atoms with Crippen molar-refractivity contribution in [2.45, 2.75) is 45.6 Å². The third kappa shape index (κ3) is 3.49. The van der Waals surface area contributed by atoms with Crippen molar-refractivity contribution in [3.05, 3.63) is 29.3 Å². The number of nitrogens with one attached hydrogen (secondary N) is 1. The van der Waals surface area contributed by atoms with E-state index in [1.807, 2.05) is 0 Å². The Hall–Kier alpha value is -1.02. The van der Waals surface area contributed by atoms with E-state index in [0.717, 1.165) is 18.2 Å². The van der Waals surface area contributed by atoms with Gasteiger partial charge in [0.05, 0.1) is 7.11 Å². The van der Waals surface area contributed by atoms with E-state index in [-0.39, 0.29) is 0 Å². The minimum Gasteiger partial charge on any atom is -0.496 e. The van der Waals surface area contributed by atoms with Crippen LogP contribution >= 0.6 is 0 Å². The van der Waals surface area contributed by atoms with Crippen molar-refractivity contribution < 1.29 is 4.74 Å². The largest absolute Gasteiger partial charge is 0.496 e. The number of ether oxygens (including phenoxy) is 1. The molecular weight excluding hydrogens is 222 g/mol. The molecule has 1 aliphatic carbocycles. The highest BCUT2D eigenvalue weighted by Crippen LogP contribution is 2.38. The summed E-state index contributed by atoms with van der Waals surface area (Å²) in [5.74, 6) is 1.93. The van der Waals surface area contributed by atoms with E-state index >= 15 is 0 Å². The highest BCUT2D eigenvalue weighted by Gasteiger charge is 2.26. The van der Waals surface area contributed by atoms with Crippen LogP contribution in [0.1, 0.15) is 49.8 Å². The summed E-state index contributed by atoms with van der Waals surface area (Å²) in [5, 5.41) is 3.68. The number of benzene rings is 1. The van der Waals surface area contributed by atoms with Crippen LogP contribution in [0.2, 0.25) is 0 Å². The second-order valence-electron chi connectivity index (χ2n) is 5.41. The Kier molecular flexibility index (Phi) is 4.65. The van der Waals surface area contributed by atoms with Gasteiger partial charge in [-0.25, -0.2) is 0 Å². The molecule has 2 rings (SSSR count). The molecule has 1 N–H and O–H groups in total. The summed E-state index contributed by atoms with van der Waals surface area (Å²) in [6.07, 6.45) is 5.31. The quantitative estimate of drug-likeness (QED) is 0.790. The van der Waals surface area contributed by atoms with Gasteiger partial charge in [0.2, 0.25) is 0 Å². The Labute approximate surface area is 111 Å². The third-order valence-corrected chi connectivity index (χ3v) is 3.73. The van der Waals surface area contributed by atoms with Crippen LogP contribution in [-0.4, -0.2) is 13.7 Å². The lowest BCUT2D eigenvalue weighted by Crippen LogP contribution is -2.22. The molecule has 0 radical (unpaired) electrons. The van der Waals surface area contributed by atoms with Gasteiger partial charge >= 0.3 is 0 Å². The Morgan fingerprint density at radius 3 is 2.72 bits per heavy atom. The molecule has 0 amide bonds. The first-order chi connectivity index (χ1) is 8.74. The smallest absolute Gasteiger partial charge is 0.121 e. The lowest BCUT2D eigenvalue weighted by atomic mass is 9.99. The molecule has 0 spiro atoms. The fraction of sp³-hybridized carbons (Fsp3) is 0.625. The molecule has 18 heavy (non-hydrogen) atoms. The van der Waals surface area contributed by atoms with Crippen molar-refractivity contribution in [2.75, 3.05) is 13.7 Å². The Morgan fingerprint density at radius 1 is 1.39 bits per heavy atom. The van der Waals surface area contributed by atoms with E-state index in [4.69, 9.17) is 4.74 Å². The summed E-state index contributed by atoms with van der Waals surface area (Å²) in [6.45, 7) is 5.44. The molecule has 1 atom stereocenters. The van der Waals surface area contributed by atoms with Crippen LogP contribution in [-0.2, 0) is 0 Å². The van der Waals surface area contributed by atoms with Gasteiger partial charge in [0.25, 0.3) is 0 Å². The van der Waals surface area contributed by atoms with Gasteiger partial charge in [-0.3, -0.25) is 0 Å². The summed E-state index contributed by atoms with van der Waals surface area (Å²) < 4.78 is 5.33. The van der Waals surface area contributed by atoms with Crippen molar-refractivity contribution in [2.24, 2.45) is 5.92 Å². The molecule has 0 bridgehead atoms. The van der Waals surface area contributed by atoms with Crippen LogP contribution in [0, 0.1) is 12.8 Å². The SMILES string of the molecule is CCCNC(CC1CC1)c1ccc(OC)c(C)c1. The standard InChI is InChI=1S/C16H25NO/c1-4-9-17-15(11-13-5-6-13)14-7-8-16(18-3)12(2)10-14/h7-8,10,13,15,17H,4-6,9,11H2,1-3H3. The van der Waals surface area contributed by atoms with Crippen LogP contribution < -0.4 is 10.1 Å². The van der Waals surface area contributed by atoms with Crippen LogP contribution in [0.3, 0.4) is 0 Å². The van der Waals surface area contributed by atoms with Crippen LogP contribution in [0.25, 0.3) is 0 Å². The van der Waals surface area contributed by atoms with Crippen molar-refractivity contribution in [3.8, 4) is 5.75 Å². The summed E-state index contributed by atoms with van der Waals surface area (Å²) in [6, 6.07) is 7.09. The maximum Gasteiger partial charge on any atom is 0.121 e. The lowest BCUT2D eigenvalue weighted by Gasteiger charge is -2.20. The van der Waals surface area contributed by atoms with Crippen LogP contribution in [0.5, 0.6) is 5.75 Å². The minimum atomic E-state index is 0.516. The lowest BCUT2D eigenvalue weighted by molar-refractivity contribution is 0.410. The Bertz CT molecular complexity index is 385. The van der Waals surface area contributed by atoms with Gasteiger partial charge in [-0.1, -0.05) is 31.9 Å². The molecule has 2 heteroatoms. The minimum absolute atomic E-state index is 0.516. The average Bonchev–Trinajstić information content (AvgIpc) is 3.18. The van der Waals surface area contributed by atoms with E-state index in [1.54, 1.807) is 7.11 Å². The van der Waals surface area contributed by atoms with Gasteiger partial charge in [0.15, 0.2) is 0 Å². The molecule has 2 nitrogen and oxygen atoms in total. The molecule has 0 saturated heterocycles. The fourth-order valence-electron chi connectivity index (χ4n) is 2.46. The molecule has 1 aromatic carbocycles. The molecule has 0 heterocycles. The molecular formula is C16H25NO. The van der Waals surface area contributed by atoms with Gasteiger partial charge in [0.1, 0.15) is 5.75 Å². The molecule has 0 aliphatic heterocycles. The van der Waals surface area contributed by atoms with Crippen molar-refractivity contribution in [3.63, 3.8) is 0 Å². The summed E-state index contributed by atoms with van der Waals surface area (Å²) in [4.78, 5) is 0. The average molecular weight is 247 g/mol. The van der Waals surface area contributed by atoms with Crippen LogP contribution in [0.15, 0.2) is 18.2 Å². The predicted octanol–water partition coefficient (Wildman–Crippen LogP) is 3.84. The highest BCUT2D eigenvalue weighted by atomic mass is 16.5. The molecule has 1 fully saturated rings. The van der Waals surface area contributed by atoms with E-state index in [0.29, 0.717) is 6.04 Å². The topological polar surface area (TPSA) is 21.3 Å². The normalized spacial score (nSPS) is 16.6. The summed E-state index contributed by atoms with van der Waals surface area (Å²) in [7, 11) is 1.74. The molecule has 1 aromatic rings. The zero-order chi connectivity index (χ0) is 13.0. The van der Waals surface area contributed by atoms with E-state index in [1.165, 1.54) is 36.8 Å². The second-order valence-corrected chi connectivity index (χ2v) is 5.41. The Balaban J connectivity index is 2.09. The van der Waals surface area contributed by atoms with Crippen molar-refractivity contribution in [1.29, 1.82) is 0 Å². The second kappa shape index (κ2) is 6.24. The van der Waals surface area contributed by atoms with E-state index in [9.17, 15) is 0 Å². The van der Waals surface area contributed by atoms with Gasteiger partial charge in [0, 0.05) is 6.04 Å². The molecule has 1 saturated carbocycles. The van der Waals surface area contributed by atoms with Gasteiger partial charge in [-0.05, 0) is 49.4 Å². The zero-order valence-electron chi connectivity index (χ0n) is 11.8. The first-order valence-electron chi connectivity index (χ1n) is 7.12. The van der Waals surface area contributed by atoms with E-state index < -0.39 is 0 Å². The number of methoxy groups -OCH3 is 1. The number of hydrogen-bond acceptors (Lipinski definition) is 2. The molecule has 0 aromatic heterocycles. The number of aryl methyl sites for hydroxylation is 1. The number of rotatable bonds is 7. The summed E-state index contributed by atoms with van der Waals surface area (Å²) in [5.41, 5.74) is 2.64. The van der Waals surface area contributed by atoms with Crippen molar-refractivity contribution in [1.82, 2.24) is 5.32 Å². The highest BCUT2D eigenvalue weighted by molar-refractivity contribution is 5.37. The third-order valence-electron chi connectivity index (χ3n) is 3.73. The van der Waals surface area contributed by atoms with Gasteiger partial charge < -0.3 is 10.1 Å². The molecule has 100 valence electrons. The molecule has 1 aliphatic rings. The number of hydrogen-bond donors (Lipinski definition) is 1.